The smallest absolute Gasteiger partial charge is 0.303 e. The van der Waals surface area contributed by atoms with Crippen LogP contribution in [0.4, 0.5) is 0 Å². The van der Waals surface area contributed by atoms with Crippen molar-refractivity contribution in [2.75, 3.05) is 26.2 Å². The number of unbranched alkanes of at least 4 members (excludes halogenated alkanes) is 1. The van der Waals surface area contributed by atoms with Crippen LogP contribution in [0.1, 0.15) is 56.1 Å². The molecule has 4 heteroatoms. The first-order valence-electron chi connectivity index (χ1n) is 8.77. The Bertz CT molecular complexity index is 507. The van der Waals surface area contributed by atoms with Crippen molar-refractivity contribution in [2.45, 2.75) is 51.9 Å². The van der Waals surface area contributed by atoms with E-state index in [1.807, 2.05) is 6.92 Å². The van der Waals surface area contributed by atoms with Crippen LogP contribution in [0.5, 0.6) is 5.75 Å². The fourth-order valence-corrected chi connectivity index (χ4v) is 3.34. The molecule has 1 aliphatic rings. The Morgan fingerprint density at radius 3 is 2.70 bits per heavy atom. The number of likely N-dealkylation sites (tertiary alicyclic amines) is 1. The van der Waals surface area contributed by atoms with Crippen molar-refractivity contribution in [2.24, 2.45) is 0 Å². The number of aryl methyl sites for hydroxylation is 1. The molecule has 0 bridgehead atoms. The van der Waals surface area contributed by atoms with E-state index in [1.54, 1.807) is 0 Å². The van der Waals surface area contributed by atoms with Crippen LogP contribution >= 0.6 is 0 Å². The summed E-state index contributed by atoms with van der Waals surface area (Å²) in [6.45, 7) is 8.05. The van der Waals surface area contributed by atoms with Crippen LogP contribution in [-0.4, -0.2) is 42.2 Å². The van der Waals surface area contributed by atoms with Gasteiger partial charge in [0.1, 0.15) is 5.75 Å². The molecule has 0 unspecified atom stereocenters. The lowest BCUT2D eigenvalue weighted by Crippen LogP contribution is -2.33. The lowest BCUT2D eigenvalue weighted by molar-refractivity contribution is -0.137. The summed E-state index contributed by atoms with van der Waals surface area (Å²) < 4.78 is 5.83. The van der Waals surface area contributed by atoms with Crippen molar-refractivity contribution in [3.8, 4) is 5.75 Å². The molecule has 0 radical (unpaired) electrons. The lowest BCUT2D eigenvalue weighted by Gasteiger charge is -2.32. The van der Waals surface area contributed by atoms with Crippen molar-refractivity contribution in [3.05, 3.63) is 29.3 Å². The number of benzene rings is 1. The maximum Gasteiger partial charge on any atom is 0.303 e. The number of nitrogens with zero attached hydrogens (tertiary/aromatic N) is 1. The highest BCUT2D eigenvalue weighted by atomic mass is 16.5. The Morgan fingerprint density at radius 1 is 1.30 bits per heavy atom. The average Bonchev–Trinajstić information content (AvgIpc) is 2.53. The zero-order valence-electron chi connectivity index (χ0n) is 14.4. The first-order valence-corrected chi connectivity index (χ1v) is 8.77. The van der Waals surface area contributed by atoms with E-state index in [0.29, 0.717) is 12.5 Å². The molecule has 1 aromatic carbocycles. The number of hydrogen-bond donors (Lipinski definition) is 1. The van der Waals surface area contributed by atoms with Gasteiger partial charge in [-0.2, -0.15) is 0 Å². The summed E-state index contributed by atoms with van der Waals surface area (Å²) in [6, 6.07) is 6.56. The van der Waals surface area contributed by atoms with Crippen LogP contribution in [0, 0.1) is 6.92 Å². The van der Waals surface area contributed by atoms with Gasteiger partial charge in [0, 0.05) is 6.42 Å². The van der Waals surface area contributed by atoms with Gasteiger partial charge in [0.15, 0.2) is 0 Å². The van der Waals surface area contributed by atoms with Gasteiger partial charge in [-0.25, -0.2) is 0 Å². The quantitative estimate of drug-likeness (QED) is 0.740. The van der Waals surface area contributed by atoms with Crippen molar-refractivity contribution in [1.82, 2.24) is 4.90 Å². The van der Waals surface area contributed by atoms with E-state index in [4.69, 9.17) is 9.84 Å². The number of carboxylic acid groups (broad SMARTS) is 1. The molecular formula is C19H29NO3. The lowest BCUT2D eigenvalue weighted by atomic mass is 9.88. The van der Waals surface area contributed by atoms with Crippen molar-refractivity contribution in [1.29, 1.82) is 0 Å². The summed E-state index contributed by atoms with van der Waals surface area (Å²) in [7, 11) is 0. The summed E-state index contributed by atoms with van der Waals surface area (Å²) >= 11 is 0. The molecule has 1 heterocycles. The second-order valence-corrected chi connectivity index (χ2v) is 6.44. The third kappa shape index (κ3) is 5.54. The molecule has 0 spiro atoms. The van der Waals surface area contributed by atoms with Gasteiger partial charge in [-0.15, -0.1) is 0 Å². The fourth-order valence-electron chi connectivity index (χ4n) is 3.34. The summed E-state index contributed by atoms with van der Waals surface area (Å²) in [4.78, 5) is 13.0. The maximum absolute atomic E-state index is 10.5. The van der Waals surface area contributed by atoms with Crippen LogP contribution in [0.3, 0.4) is 0 Å². The summed E-state index contributed by atoms with van der Waals surface area (Å²) in [6.07, 6.45) is 4.36. The van der Waals surface area contributed by atoms with Crippen LogP contribution in [0.2, 0.25) is 0 Å². The molecule has 1 aromatic rings. The number of piperidine rings is 1. The van der Waals surface area contributed by atoms with E-state index in [9.17, 15) is 4.79 Å². The van der Waals surface area contributed by atoms with Crippen LogP contribution < -0.4 is 4.74 Å². The largest absolute Gasteiger partial charge is 0.494 e. The minimum Gasteiger partial charge on any atom is -0.494 e. The van der Waals surface area contributed by atoms with Crippen molar-refractivity contribution < 1.29 is 14.6 Å². The fraction of sp³-hybridized carbons (Fsp3) is 0.632. The third-order valence-electron chi connectivity index (χ3n) is 4.61. The number of hydrogen-bond acceptors (Lipinski definition) is 3. The van der Waals surface area contributed by atoms with Gasteiger partial charge in [-0.05, 0) is 82.3 Å². The highest BCUT2D eigenvalue weighted by molar-refractivity contribution is 5.66. The first kappa shape index (κ1) is 17.8. The molecule has 0 saturated carbocycles. The SMILES string of the molecule is CCOc1cc(C)ccc1C1CCN(CCCCC(=O)O)CC1. The predicted molar refractivity (Wildman–Crippen MR) is 92.2 cm³/mol. The first-order chi connectivity index (χ1) is 11.1. The van der Waals surface area contributed by atoms with E-state index in [-0.39, 0.29) is 6.42 Å². The Hall–Kier alpha value is -1.55. The molecule has 1 N–H and O–H groups in total. The van der Waals surface area contributed by atoms with Gasteiger partial charge in [0.25, 0.3) is 0 Å². The zero-order chi connectivity index (χ0) is 16.7. The van der Waals surface area contributed by atoms with Crippen LogP contribution in [0.15, 0.2) is 18.2 Å². The van der Waals surface area contributed by atoms with Gasteiger partial charge in [0.05, 0.1) is 6.61 Å². The van der Waals surface area contributed by atoms with Crippen molar-refractivity contribution in [3.63, 3.8) is 0 Å². The number of carbonyl (C=O) groups is 1. The summed E-state index contributed by atoms with van der Waals surface area (Å²) in [5, 5.41) is 8.67. The minimum absolute atomic E-state index is 0.289. The molecule has 2 rings (SSSR count). The molecule has 0 aliphatic carbocycles. The van der Waals surface area contributed by atoms with Gasteiger partial charge in [-0.1, -0.05) is 12.1 Å². The predicted octanol–water partition coefficient (Wildman–Crippen LogP) is 3.83. The van der Waals surface area contributed by atoms with Crippen molar-refractivity contribution >= 4 is 5.97 Å². The highest BCUT2D eigenvalue weighted by Gasteiger charge is 2.22. The molecule has 128 valence electrons. The van der Waals surface area contributed by atoms with E-state index in [2.05, 4.69) is 30.0 Å². The molecule has 1 saturated heterocycles. The van der Waals surface area contributed by atoms with E-state index >= 15 is 0 Å². The standard InChI is InChI=1S/C19H29NO3/c1-3-23-18-14-15(2)7-8-17(18)16-9-12-20(13-10-16)11-5-4-6-19(21)22/h7-8,14,16H,3-6,9-13H2,1-2H3,(H,21,22). The maximum atomic E-state index is 10.5. The van der Waals surface area contributed by atoms with Crippen LogP contribution in [-0.2, 0) is 4.79 Å². The zero-order valence-corrected chi connectivity index (χ0v) is 14.4. The van der Waals surface area contributed by atoms with Gasteiger partial charge in [-0.3, -0.25) is 4.79 Å². The van der Waals surface area contributed by atoms with Gasteiger partial charge < -0.3 is 14.7 Å². The molecule has 1 aliphatic heterocycles. The number of ether oxygens (including phenoxy) is 1. The third-order valence-corrected chi connectivity index (χ3v) is 4.61. The second-order valence-electron chi connectivity index (χ2n) is 6.44. The number of aliphatic carboxylic acids is 1. The topological polar surface area (TPSA) is 49.8 Å². The molecule has 0 atom stereocenters. The number of rotatable bonds is 8. The van der Waals surface area contributed by atoms with Gasteiger partial charge >= 0.3 is 5.97 Å². The Morgan fingerprint density at radius 2 is 2.04 bits per heavy atom. The molecule has 0 aromatic heterocycles. The van der Waals surface area contributed by atoms with E-state index in [1.165, 1.54) is 11.1 Å². The summed E-state index contributed by atoms with van der Waals surface area (Å²) in [5.74, 6) is 0.936. The minimum atomic E-state index is -0.688. The number of carboxylic acids is 1. The van der Waals surface area contributed by atoms with Crippen LogP contribution in [0.25, 0.3) is 0 Å². The Kier molecular flexibility index (Phi) is 6.90. The molecule has 0 amide bonds. The second kappa shape index (κ2) is 8.92. The molecule has 23 heavy (non-hydrogen) atoms. The Labute approximate surface area is 139 Å². The van der Waals surface area contributed by atoms with E-state index < -0.39 is 5.97 Å². The molecule has 4 nitrogen and oxygen atoms in total. The Balaban J connectivity index is 1.83. The average molecular weight is 319 g/mol. The summed E-state index contributed by atoms with van der Waals surface area (Å²) in [5.41, 5.74) is 2.59. The monoisotopic (exact) mass is 319 g/mol. The molecular weight excluding hydrogens is 290 g/mol. The highest BCUT2D eigenvalue weighted by Crippen LogP contribution is 2.35. The van der Waals surface area contributed by atoms with E-state index in [0.717, 1.165) is 51.1 Å². The van der Waals surface area contributed by atoms with Gasteiger partial charge in [0.2, 0.25) is 0 Å². The normalized spacial score (nSPS) is 16.4. The molecule has 1 fully saturated rings.